The van der Waals surface area contributed by atoms with E-state index in [2.05, 4.69) is 14.5 Å². The van der Waals surface area contributed by atoms with Crippen molar-refractivity contribution < 1.29 is 9.90 Å². The minimum atomic E-state index is -0.363. The predicted molar refractivity (Wildman–Crippen MR) is 112 cm³/mol. The van der Waals surface area contributed by atoms with E-state index in [-0.39, 0.29) is 17.6 Å². The van der Waals surface area contributed by atoms with Gasteiger partial charge in [0.15, 0.2) is 0 Å². The van der Waals surface area contributed by atoms with E-state index in [9.17, 15) is 9.90 Å². The number of aldehydes is 1. The highest BCUT2D eigenvalue weighted by molar-refractivity contribution is 6.31. The van der Waals surface area contributed by atoms with Gasteiger partial charge < -0.3 is 19.4 Å². The maximum absolute atomic E-state index is 11.7. The molecular formula is C22H23ClN4O2. The Balaban J connectivity index is 1.53. The van der Waals surface area contributed by atoms with Crippen molar-refractivity contribution in [3.63, 3.8) is 0 Å². The van der Waals surface area contributed by atoms with Gasteiger partial charge in [-0.25, -0.2) is 4.98 Å². The molecule has 1 N–H and O–H groups in total. The fourth-order valence-corrected chi connectivity index (χ4v) is 4.57. The summed E-state index contributed by atoms with van der Waals surface area (Å²) in [5, 5.41) is 10.5. The lowest BCUT2D eigenvalue weighted by molar-refractivity contribution is -0.109. The van der Waals surface area contributed by atoms with Crippen molar-refractivity contribution >= 4 is 34.6 Å². The van der Waals surface area contributed by atoms with E-state index in [0.29, 0.717) is 11.6 Å². The summed E-state index contributed by atoms with van der Waals surface area (Å²) in [5.74, 6) is 0.924. The smallest absolute Gasteiger partial charge is 0.130 e. The third kappa shape index (κ3) is 3.11. The number of aromatic nitrogens is 3. The number of benzene rings is 1. The number of imidazole rings is 1. The van der Waals surface area contributed by atoms with Crippen molar-refractivity contribution in [3.05, 3.63) is 53.1 Å². The highest BCUT2D eigenvalue weighted by atomic mass is 35.5. The highest BCUT2D eigenvalue weighted by Gasteiger charge is 2.46. The largest absolute Gasteiger partial charge is 0.393 e. The zero-order chi connectivity index (χ0) is 20.2. The molecule has 0 spiro atoms. The Morgan fingerprint density at radius 2 is 2.14 bits per heavy atom. The van der Waals surface area contributed by atoms with E-state index in [1.165, 1.54) is 0 Å². The van der Waals surface area contributed by atoms with E-state index in [4.69, 9.17) is 16.6 Å². The van der Waals surface area contributed by atoms with Crippen LogP contribution in [0.25, 0.3) is 11.0 Å². The van der Waals surface area contributed by atoms with Gasteiger partial charge in [0, 0.05) is 24.3 Å². The van der Waals surface area contributed by atoms with Gasteiger partial charge in [-0.3, -0.25) is 4.98 Å². The zero-order valence-corrected chi connectivity index (χ0v) is 17.0. The van der Waals surface area contributed by atoms with Crippen molar-refractivity contribution in [1.29, 1.82) is 0 Å². The van der Waals surface area contributed by atoms with Gasteiger partial charge in [-0.05, 0) is 55.5 Å². The number of carbonyl (C=O) groups excluding carboxylic acids is 1. The van der Waals surface area contributed by atoms with Gasteiger partial charge in [0.05, 0.1) is 41.0 Å². The number of carbonyl (C=O) groups is 1. The minimum Gasteiger partial charge on any atom is -0.393 e. The first kappa shape index (κ1) is 18.6. The molecule has 0 radical (unpaired) electrons. The van der Waals surface area contributed by atoms with Crippen LogP contribution in [0.15, 0.2) is 36.7 Å². The Morgan fingerprint density at radius 3 is 2.83 bits per heavy atom. The highest BCUT2D eigenvalue weighted by Crippen LogP contribution is 2.49. The van der Waals surface area contributed by atoms with E-state index in [1.807, 2.05) is 37.5 Å². The molecule has 7 heteroatoms. The molecule has 2 aliphatic rings. The van der Waals surface area contributed by atoms with Gasteiger partial charge in [0.25, 0.3) is 0 Å². The summed E-state index contributed by atoms with van der Waals surface area (Å²) in [7, 11) is 2.01. The molecular weight excluding hydrogens is 388 g/mol. The van der Waals surface area contributed by atoms with E-state index in [0.717, 1.165) is 60.1 Å². The number of aliphatic hydroxyl groups excluding tert-OH is 1. The summed E-state index contributed by atoms with van der Waals surface area (Å²) >= 11 is 6.19. The zero-order valence-electron chi connectivity index (χ0n) is 16.3. The molecule has 2 aromatic heterocycles. The topological polar surface area (TPSA) is 71.2 Å². The molecule has 2 heterocycles. The molecule has 0 unspecified atom stereocenters. The summed E-state index contributed by atoms with van der Waals surface area (Å²) < 4.78 is 2.23. The van der Waals surface area contributed by atoms with Crippen LogP contribution in [-0.2, 0) is 16.8 Å². The summed E-state index contributed by atoms with van der Waals surface area (Å²) in [5.41, 5.74) is 3.53. The molecule has 2 aliphatic carbocycles. The van der Waals surface area contributed by atoms with E-state index < -0.39 is 0 Å². The van der Waals surface area contributed by atoms with Crippen molar-refractivity contribution in [3.8, 4) is 0 Å². The van der Waals surface area contributed by atoms with Crippen LogP contribution in [0.3, 0.4) is 0 Å². The average molecular weight is 411 g/mol. The lowest BCUT2D eigenvalue weighted by Crippen LogP contribution is -2.33. The fourth-order valence-electron chi connectivity index (χ4n) is 4.40. The molecule has 0 bridgehead atoms. The van der Waals surface area contributed by atoms with Crippen LogP contribution in [-0.4, -0.2) is 39.1 Å². The molecule has 2 fully saturated rings. The lowest BCUT2D eigenvalue weighted by Gasteiger charge is -2.34. The second-order valence-electron chi connectivity index (χ2n) is 8.33. The molecule has 0 aliphatic heterocycles. The normalized spacial score (nSPS) is 22.3. The molecule has 0 atom stereocenters. The monoisotopic (exact) mass is 410 g/mol. The Bertz CT molecular complexity index is 1090. The number of halogens is 1. The molecule has 29 heavy (non-hydrogen) atoms. The number of hydrogen-bond acceptors (Lipinski definition) is 5. The number of hydrogen-bond donors (Lipinski definition) is 1. The van der Waals surface area contributed by atoms with Crippen LogP contribution in [0.4, 0.5) is 5.69 Å². The van der Waals surface area contributed by atoms with Gasteiger partial charge in [0.1, 0.15) is 12.1 Å². The fraction of sp³-hybridized carbons (Fsp3) is 0.409. The first-order valence-electron chi connectivity index (χ1n) is 9.97. The third-order valence-electron chi connectivity index (χ3n) is 6.32. The summed E-state index contributed by atoms with van der Waals surface area (Å²) in [4.78, 5) is 23.0. The first-order chi connectivity index (χ1) is 14.0. The second kappa shape index (κ2) is 6.82. The Morgan fingerprint density at radius 1 is 1.34 bits per heavy atom. The van der Waals surface area contributed by atoms with Gasteiger partial charge in [-0.15, -0.1) is 0 Å². The standard InChI is InChI=1S/C22H23ClN4O2/c1-26(20-11-24-7-4-17(20)22(13-28)5-6-22)12-21-25-18-8-14(23)2-3-19(18)27(21)15-9-16(29)10-15/h2-4,7-8,11,13,15-16,29H,5-6,9-10,12H2,1H3. The third-order valence-corrected chi connectivity index (χ3v) is 6.55. The second-order valence-corrected chi connectivity index (χ2v) is 8.77. The summed E-state index contributed by atoms with van der Waals surface area (Å²) in [6.45, 7) is 0.576. The lowest BCUT2D eigenvalue weighted by atomic mass is 9.89. The number of nitrogens with zero attached hydrogens (tertiary/aromatic N) is 4. The van der Waals surface area contributed by atoms with Crippen LogP contribution < -0.4 is 4.90 Å². The number of pyridine rings is 1. The van der Waals surface area contributed by atoms with Gasteiger partial charge in [0.2, 0.25) is 0 Å². The van der Waals surface area contributed by atoms with Crippen LogP contribution in [0, 0.1) is 0 Å². The van der Waals surface area contributed by atoms with Crippen LogP contribution in [0.1, 0.15) is 43.1 Å². The van der Waals surface area contributed by atoms with Gasteiger partial charge in [-0.1, -0.05) is 11.6 Å². The molecule has 6 nitrogen and oxygen atoms in total. The van der Waals surface area contributed by atoms with Crippen LogP contribution >= 0.6 is 11.6 Å². The number of fused-ring (bicyclic) bond motifs is 1. The summed E-state index contributed by atoms with van der Waals surface area (Å²) in [6.07, 6.45) is 7.65. The Labute approximate surface area is 174 Å². The van der Waals surface area contributed by atoms with Crippen LogP contribution in [0.5, 0.6) is 0 Å². The Hall–Kier alpha value is -2.44. The Kier molecular flexibility index (Phi) is 4.37. The number of rotatable bonds is 6. The van der Waals surface area contributed by atoms with Crippen molar-refractivity contribution in [1.82, 2.24) is 14.5 Å². The van der Waals surface area contributed by atoms with E-state index >= 15 is 0 Å². The van der Waals surface area contributed by atoms with Crippen molar-refractivity contribution in [2.24, 2.45) is 0 Å². The van der Waals surface area contributed by atoms with E-state index in [1.54, 1.807) is 6.20 Å². The molecule has 0 amide bonds. The first-order valence-corrected chi connectivity index (χ1v) is 10.3. The number of aliphatic hydroxyl groups is 1. The summed E-state index contributed by atoms with van der Waals surface area (Å²) in [6, 6.07) is 7.95. The number of anilines is 1. The molecule has 5 rings (SSSR count). The maximum atomic E-state index is 11.7. The van der Waals surface area contributed by atoms with Crippen LogP contribution in [0.2, 0.25) is 5.02 Å². The quantitative estimate of drug-likeness (QED) is 0.628. The van der Waals surface area contributed by atoms with Crippen molar-refractivity contribution in [2.45, 2.75) is 49.8 Å². The van der Waals surface area contributed by atoms with Gasteiger partial charge >= 0.3 is 0 Å². The van der Waals surface area contributed by atoms with Crippen molar-refractivity contribution in [2.75, 3.05) is 11.9 Å². The maximum Gasteiger partial charge on any atom is 0.130 e. The molecule has 0 saturated heterocycles. The minimum absolute atomic E-state index is 0.234. The molecule has 150 valence electrons. The average Bonchev–Trinajstić information content (AvgIpc) is 3.42. The SMILES string of the molecule is CN(Cc1nc2cc(Cl)ccc2n1C1CC(O)C1)c1cnccc1C1(C=O)CC1. The molecule has 2 saturated carbocycles. The molecule has 3 aromatic rings. The van der Waals surface area contributed by atoms with Gasteiger partial charge in [-0.2, -0.15) is 0 Å². The molecule has 1 aromatic carbocycles. The predicted octanol–water partition coefficient (Wildman–Crippen LogP) is 3.65.